The molecule has 1 aromatic carbocycles. The number of hydrogen-bond donors (Lipinski definition) is 3. The first kappa shape index (κ1) is 19.6. The Morgan fingerprint density at radius 1 is 1.40 bits per heavy atom. The van der Waals surface area contributed by atoms with Crippen LogP contribution in [0.4, 0.5) is 10.8 Å². The summed E-state index contributed by atoms with van der Waals surface area (Å²) in [6, 6.07) is 9.77. The fourth-order valence-electron chi connectivity index (χ4n) is 1.80. The number of aromatic nitrogens is 1. The first-order valence-electron chi connectivity index (χ1n) is 7.82. The van der Waals surface area contributed by atoms with Gasteiger partial charge in [0.05, 0.1) is 11.1 Å². The summed E-state index contributed by atoms with van der Waals surface area (Å²) in [5.74, 6) is 0. The van der Waals surface area contributed by atoms with Crippen LogP contribution in [0.5, 0.6) is 0 Å². The Kier molecular flexibility index (Phi) is 8.61. The van der Waals surface area contributed by atoms with Gasteiger partial charge in [0.15, 0.2) is 15.4 Å². The first-order chi connectivity index (χ1) is 12.2. The van der Waals surface area contributed by atoms with E-state index in [1.165, 1.54) is 11.3 Å². The molecule has 0 saturated heterocycles. The molecule has 2 aromatic rings. The molecule has 9 heteroatoms. The Morgan fingerprint density at radius 2 is 2.20 bits per heavy atom. The van der Waals surface area contributed by atoms with Crippen molar-refractivity contribution >= 4 is 57.3 Å². The maximum absolute atomic E-state index is 6.14. The van der Waals surface area contributed by atoms with Gasteiger partial charge in [-0.2, -0.15) is 5.10 Å². The molecule has 0 bridgehead atoms. The SMILES string of the molecule is CCOCCCNC(=S)N/N=C/c1sc(Nc2ccccc2)nc1Cl. The lowest BCUT2D eigenvalue weighted by molar-refractivity contribution is 0.145. The summed E-state index contributed by atoms with van der Waals surface area (Å²) >= 11 is 12.7. The van der Waals surface area contributed by atoms with Crippen LogP contribution < -0.4 is 16.1 Å². The molecule has 0 atom stereocenters. The Hall–Kier alpha value is -1.74. The quantitative estimate of drug-likeness (QED) is 0.259. The molecule has 1 aromatic heterocycles. The molecule has 0 amide bonds. The van der Waals surface area contributed by atoms with Crippen molar-refractivity contribution in [1.82, 2.24) is 15.7 Å². The number of benzene rings is 1. The summed E-state index contributed by atoms with van der Waals surface area (Å²) < 4.78 is 5.25. The van der Waals surface area contributed by atoms with Crippen LogP contribution in [0.3, 0.4) is 0 Å². The van der Waals surface area contributed by atoms with Crippen LogP contribution in [0, 0.1) is 0 Å². The van der Waals surface area contributed by atoms with Crippen LogP contribution in [-0.2, 0) is 4.74 Å². The molecule has 0 fully saturated rings. The number of halogens is 1. The minimum Gasteiger partial charge on any atom is -0.382 e. The van der Waals surface area contributed by atoms with Gasteiger partial charge in [-0.05, 0) is 37.7 Å². The number of thiocarbonyl (C=S) groups is 1. The number of para-hydroxylation sites is 1. The molecule has 0 aliphatic rings. The van der Waals surface area contributed by atoms with Crippen molar-refractivity contribution in [2.75, 3.05) is 25.1 Å². The fourth-order valence-corrected chi connectivity index (χ4v) is 3.00. The third-order valence-electron chi connectivity index (χ3n) is 2.94. The molecule has 25 heavy (non-hydrogen) atoms. The molecule has 0 unspecified atom stereocenters. The molecule has 2 rings (SSSR count). The van der Waals surface area contributed by atoms with E-state index in [1.54, 1.807) is 6.21 Å². The molecule has 3 N–H and O–H groups in total. The second-order valence-electron chi connectivity index (χ2n) is 4.84. The highest BCUT2D eigenvalue weighted by molar-refractivity contribution is 7.80. The zero-order valence-corrected chi connectivity index (χ0v) is 16.2. The highest BCUT2D eigenvalue weighted by Crippen LogP contribution is 2.27. The minimum atomic E-state index is 0.393. The summed E-state index contributed by atoms with van der Waals surface area (Å²) in [5, 5.41) is 11.9. The summed E-state index contributed by atoms with van der Waals surface area (Å²) in [4.78, 5) is 5.02. The van der Waals surface area contributed by atoms with Crippen molar-refractivity contribution in [1.29, 1.82) is 0 Å². The highest BCUT2D eigenvalue weighted by Gasteiger charge is 2.07. The smallest absolute Gasteiger partial charge is 0.189 e. The van der Waals surface area contributed by atoms with Crippen LogP contribution >= 0.6 is 35.2 Å². The average molecular weight is 398 g/mol. The number of anilines is 2. The third-order valence-corrected chi connectivity index (χ3v) is 4.48. The molecular weight excluding hydrogens is 378 g/mol. The second kappa shape index (κ2) is 11.0. The van der Waals surface area contributed by atoms with Crippen LogP contribution in [0.1, 0.15) is 18.2 Å². The normalized spacial score (nSPS) is 10.8. The van der Waals surface area contributed by atoms with Crippen molar-refractivity contribution in [2.24, 2.45) is 5.10 Å². The Morgan fingerprint density at radius 3 is 2.96 bits per heavy atom. The molecule has 1 heterocycles. The van der Waals surface area contributed by atoms with Gasteiger partial charge in [-0.25, -0.2) is 4.98 Å². The van der Waals surface area contributed by atoms with Crippen LogP contribution in [0.2, 0.25) is 5.15 Å². The van der Waals surface area contributed by atoms with Gasteiger partial charge in [-0.15, -0.1) is 0 Å². The molecule has 0 radical (unpaired) electrons. The number of thiazole rings is 1. The summed E-state index contributed by atoms with van der Waals surface area (Å²) in [6.07, 6.45) is 2.49. The Labute approximate surface area is 161 Å². The van der Waals surface area contributed by atoms with Crippen molar-refractivity contribution in [3.05, 3.63) is 40.4 Å². The predicted molar refractivity (Wildman–Crippen MR) is 109 cm³/mol. The first-order valence-corrected chi connectivity index (χ1v) is 9.42. The highest BCUT2D eigenvalue weighted by atomic mass is 35.5. The molecule has 0 saturated carbocycles. The molecule has 6 nitrogen and oxygen atoms in total. The second-order valence-corrected chi connectivity index (χ2v) is 6.64. The number of hydrazone groups is 1. The van der Waals surface area contributed by atoms with E-state index in [0.29, 0.717) is 22.0 Å². The van der Waals surface area contributed by atoms with Gasteiger partial charge in [0.1, 0.15) is 0 Å². The van der Waals surface area contributed by atoms with E-state index in [-0.39, 0.29) is 0 Å². The van der Waals surface area contributed by atoms with E-state index in [2.05, 4.69) is 26.1 Å². The third kappa shape index (κ3) is 7.35. The van der Waals surface area contributed by atoms with E-state index in [4.69, 9.17) is 28.6 Å². The van der Waals surface area contributed by atoms with Crippen LogP contribution in [0.25, 0.3) is 0 Å². The molecule has 0 aliphatic heterocycles. The van der Waals surface area contributed by atoms with E-state index in [0.717, 1.165) is 30.1 Å². The van der Waals surface area contributed by atoms with Gasteiger partial charge in [0.25, 0.3) is 0 Å². The monoisotopic (exact) mass is 397 g/mol. The largest absolute Gasteiger partial charge is 0.382 e. The van der Waals surface area contributed by atoms with E-state index in [1.807, 2.05) is 37.3 Å². The lowest BCUT2D eigenvalue weighted by Gasteiger charge is -2.06. The summed E-state index contributed by atoms with van der Waals surface area (Å²) in [6.45, 7) is 4.14. The molecule has 0 spiro atoms. The summed E-state index contributed by atoms with van der Waals surface area (Å²) in [5.41, 5.74) is 3.71. The van der Waals surface area contributed by atoms with E-state index in [9.17, 15) is 0 Å². The maximum atomic E-state index is 6.14. The Bertz CT molecular complexity index is 693. The number of rotatable bonds is 9. The number of ether oxygens (including phenoxy) is 1. The standard InChI is InChI=1S/C16H20ClN5OS2/c1-2-23-10-6-9-18-15(24)22-19-11-13-14(17)21-16(25-13)20-12-7-4-3-5-8-12/h3-5,7-8,11H,2,6,9-10H2,1H3,(H,20,21)(H2,18,22,24)/b19-11+. The molecular formula is C16H20ClN5OS2. The summed E-state index contributed by atoms with van der Waals surface area (Å²) in [7, 11) is 0. The zero-order valence-electron chi connectivity index (χ0n) is 13.8. The molecule has 134 valence electrons. The zero-order chi connectivity index (χ0) is 17.9. The predicted octanol–water partition coefficient (Wildman–Crippen LogP) is 3.76. The van der Waals surface area contributed by atoms with Gasteiger partial charge in [0, 0.05) is 25.4 Å². The van der Waals surface area contributed by atoms with Gasteiger partial charge in [-0.1, -0.05) is 41.1 Å². The average Bonchev–Trinajstić information content (AvgIpc) is 2.95. The number of nitrogens with zero attached hydrogens (tertiary/aromatic N) is 2. The lowest BCUT2D eigenvalue weighted by atomic mass is 10.3. The van der Waals surface area contributed by atoms with Crippen molar-refractivity contribution in [3.8, 4) is 0 Å². The van der Waals surface area contributed by atoms with Crippen molar-refractivity contribution in [2.45, 2.75) is 13.3 Å². The lowest BCUT2D eigenvalue weighted by Crippen LogP contribution is -2.33. The van der Waals surface area contributed by atoms with Gasteiger partial charge in [-0.3, -0.25) is 5.43 Å². The van der Waals surface area contributed by atoms with Crippen molar-refractivity contribution in [3.63, 3.8) is 0 Å². The Balaban J connectivity index is 1.78. The minimum absolute atomic E-state index is 0.393. The van der Waals surface area contributed by atoms with Crippen LogP contribution in [-0.4, -0.2) is 36.1 Å². The maximum Gasteiger partial charge on any atom is 0.189 e. The number of hydrogen-bond acceptors (Lipinski definition) is 6. The van der Waals surface area contributed by atoms with E-state index < -0.39 is 0 Å². The molecule has 0 aliphatic carbocycles. The van der Waals surface area contributed by atoms with Gasteiger partial charge >= 0.3 is 0 Å². The van der Waals surface area contributed by atoms with E-state index >= 15 is 0 Å². The van der Waals surface area contributed by atoms with Gasteiger partial charge < -0.3 is 15.4 Å². The van der Waals surface area contributed by atoms with Crippen molar-refractivity contribution < 1.29 is 4.74 Å². The number of nitrogens with one attached hydrogen (secondary N) is 3. The topological polar surface area (TPSA) is 70.6 Å². The van der Waals surface area contributed by atoms with Crippen LogP contribution in [0.15, 0.2) is 35.4 Å². The van der Waals surface area contributed by atoms with Gasteiger partial charge in [0.2, 0.25) is 0 Å². The fraction of sp³-hybridized carbons (Fsp3) is 0.312.